The van der Waals surface area contributed by atoms with E-state index in [0.29, 0.717) is 0 Å². The van der Waals surface area contributed by atoms with Crippen LogP contribution in [0.1, 0.15) is 12.8 Å². The molecular weight excluding hydrogens is 310 g/mol. The first kappa shape index (κ1) is 12.0. The fourth-order valence-corrected chi connectivity index (χ4v) is 3.28. The summed E-state index contributed by atoms with van der Waals surface area (Å²) in [6.07, 6.45) is 6.99. The van der Waals surface area contributed by atoms with Crippen LogP contribution >= 0.6 is 15.9 Å². The minimum absolute atomic E-state index is 1.11. The van der Waals surface area contributed by atoms with Gasteiger partial charge in [0.05, 0.1) is 5.52 Å². The second-order valence-corrected chi connectivity index (χ2v) is 6.03. The second kappa shape index (κ2) is 4.64. The minimum Gasteiger partial charge on any atom is -0.310 e. The van der Waals surface area contributed by atoms with Gasteiger partial charge in [0.1, 0.15) is 0 Å². The van der Waals surface area contributed by atoms with Gasteiger partial charge in [-0.3, -0.25) is 0 Å². The van der Waals surface area contributed by atoms with Crippen LogP contribution in [0.2, 0.25) is 0 Å². The van der Waals surface area contributed by atoms with E-state index in [0.717, 1.165) is 17.3 Å². The molecule has 3 aromatic rings. The first-order chi connectivity index (χ1) is 9.84. The molecule has 98 valence electrons. The number of hydrogen-bond acceptors (Lipinski definition) is 0. The Morgan fingerprint density at radius 1 is 0.850 bits per heavy atom. The summed E-state index contributed by atoms with van der Waals surface area (Å²) < 4.78 is 3.48. The maximum atomic E-state index is 3.51. The lowest BCUT2D eigenvalue weighted by Gasteiger charge is -2.07. The van der Waals surface area contributed by atoms with Crippen molar-refractivity contribution in [3.63, 3.8) is 0 Å². The fourth-order valence-electron chi connectivity index (χ4n) is 3.02. The molecule has 0 saturated heterocycles. The molecule has 2 aromatic carbocycles. The van der Waals surface area contributed by atoms with Gasteiger partial charge in [-0.15, -0.1) is 0 Å². The molecule has 1 nitrogen and oxygen atoms in total. The number of halogens is 1. The largest absolute Gasteiger partial charge is 0.310 e. The summed E-state index contributed by atoms with van der Waals surface area (Å²) in [5, 5.41) is 4.07. The lowest BCUT2D eigenvalue weighted by Crippen LogP contribution is -2.30. The van der Waals surface area contributed by atoms with Gasteiger partial charge >= 0.3 is 0 Å². The van der Waals surface area contributed by atoms with Crippen molar-refractivity contribution in [1.29, 1.82) is 0 Å². The smallest absolute Gasteiger partial charge is 0.0540 e. The minimum atomic E-state index is 1.11. The van der Waals surface area contributed by atoms with Gasteiger partial charge in [-0.25, -0.2) is 0 Å². The van der Waals surface area contributed by atoms with E-state index in [-0.39, 0.29) is 0 Å². The van der Waals surface area contributed by atoms with Crippen LogP contribution in [0, 0.1) is 0 Å². The van der Waals surface area contributed by atoms with E-state index in [1.807, 2.05) is 0 Å². The molecule has 20 heavy (non-hydrogen) atoms. The molecule has 1 aliphatic rings. The van der Waals surface area contributed by atoms with Gasteiger partial charge in [0, 0.05) is 26.1 Å². The van der Waals surface area contributed by atoms with Gasteiger partial charge in [-0.05, 0) is 43.2 Å². The van der Waals surface area contributed by atoms with Crippen molar-refractivity contribution in [2.45, 2.75) is 12.8 Å². The maximum Gasteiger partial charge on any atom is 0.0540 e. The molecule has 0 spiro atoms. The highest BCUT2D eigenvalue weighted by molar-refractivity contribution is 9.10. The Labute approximate surface area is 126 Å². The summed E-state index contributed by atoms with van der Waals surface area (Å²) in [4.78, 5) is 0. The van der Waals surface area contributed by atoms with Gasteiger partial charge in [0.25, 0.3) is 0 Å². The summed E-state index contributed by atoms with van der Waals surface area (Å²) in [6, 6.07) is 17.2. The summed E-state index contributed by atoms with van der Waals surface area (Å²) >= 11 is 3.51. The standard InChI is InChI=1S/C18H14BrN/c19-13-9-11-14(12-10-13)20-17-7-3-1-5-15(17)16-6-2-4-8-18(16)20/h1,3,5-12H,2,4H2. The van der Waals surface area contributed by atoms with E-state index < -0.39 is 0 Å². The molecule has 0 atom stereocenters. The Hall–Kier alpha value is -1.80. The molecule has 1 aromatic heterocycles. The van der Waals surface area contributed by atoms with E-state index in [2.05, 4.69) is 81.2 Å². The highest BCUT2D eigenvalue weighted by atomic mass is 79.9. The monoisotopic (exact) mass is 323 g/mol. The van der Waals surface area contributed by atoms with Crippen LogP contribution in [0.25, 0.3) is 28.7 Å². The van der Waals surface area contributed by atoms with Crippen molar-refractivity contribution in [3.8, 4) is 5.69 Å². The third-order valence-electron chi connectivity index (χ3n) is 3.89. The van der Waals surface area contributed by atoms with Crippen LogP contribution in [0.15, 0.2) is 53.0 Å². The van der Waals surface area contributed by atoms with Gasteiger partial charge in [0.15, 0.2) is 0 Å². The Morgan fingerprint density at radius 2 is 1.60 bits per heavy atom. The second-order valence-electron chi connectivity index (χ2n) is 5.11. The normalized spacial score (nSPS) is 13.7. The number of benzene rings is 2. The topological polar surface area (TPSA) is 4.93 Å². The molecule has 1 heterocycles. The zero-order valence-corrected chi connectivity index (χ0v) is 12.6. The molecule has 2 heteroatoms. The predicted octanol–water partition coefficient (Wildman–Crippen LogP) is 3.75. The Kier molecular flexibility index (Phi) is 2.78. The highest BCUT2D eigenvalue weighted by Crippen LogP contribution is 2.18. The summed E-state index contributed by atoms with van der Waals surface area (Å²) in [5.41, 5.74) is 2.51. The zero-order chi connectivity index (χ0) is 13.5. The van der Waals surface area contributed by atoms with Crippen LogP contribution in [0.5, 0.6) is 0 Å². The van der Waals surface area contributed by atoms with Crippen molar-refractivity contribution < 1.29 is 0 Å². The number of nitrogens with zero attached hydrogens (tertiary/aromatic N) is 1. The predicted molar refractivity (Wildman–Crippen MR) is 88.4 cm³/mol. The molecule has 0 unspecified atom stereocenters. The highest BCUT2D eigenvalue weighted by Gasteiger charge is 2.10. The molecule has 1 aliphatic carbocycles. The van der Waals surface area contributed by atoms with Crippen LogP contribution < -0.4 is 10.6 Å². The molecule has 0 bridgehead atoms. The Morgan fingerprint density at radius 3 is 2.45 bits per heavy atom. The van der Waals surface area contributed by atoms with Crippen LogP contribution in [-0.2, 0) is 0 Å². The first-order valence-electron chi connectivity index (χ1n) is 6.90. The van der Waals surface area contributed by atoms with Crippen molar-refractivity contribution in [2.75, 3.05) is 0 Å². The molecule has 0 aliphatic heterocycles. The first-order valence-corrected chi connectivity index (χ1v) is 7.70. The van der Waals surface area contributed by atoms with Crippen molar-refractivity contribution >= 4 is 39.0 Å². The van der Waals surface area contributed by atoms with Crippen molar-refractivity contribution in [3.05, 3.63) is 63.6 Å². The molecule has 0 N–H and O–H groups in total. The van der Waals surface area contributed by atoms with Gasteiger partial charge in [0.2, 0.25) is 0 Å². The fraction of sp³-hybridized carbons (Fsp3) is 0.111. The average Bonchev–Trinajstić information content (AvgIpc) is 2.83. The molecule has 0 saturated carbocycles. The van der Waals surface area contributed by atoms with Crippen molar-refractivity contribution in [2.24, 2.45) is 0 Å². The molecule has 0 radical (unpaired) electrons. The molecule has 4 rings (SSSR count). The lowest BCUT2D eigenvalue weighted by molar-refractivity contribution is 1.02. The van der Waals surface area contributed by atoms with E-state index in [9.17, 15) is 0 Å². The van der Waals surface area contributed by atoms with Gasteiger partial charge < -0.3 is 4.57 Å². The van der Waals surface area contributed by atoms with Crippen LogP contribution in [0.3, 0.4) is 0 Å². The number of rotatable bonds is 1. The van der Waals surface area contributed by atoms with Crippen molar-refractivity contribution in [1.82, 2.24) is 4.57 Å². The van der Waals surface area contributed by atoms with E-state index >= 15 is 0 Å². The lowest BCUT2D eigenvalue weighted by atomic mass is 10.1. The number of hydrogen-bond donors (Lipinski definition) is 0. The summed E-state index contributed by atoms with van der Waals surface area (Å²) in [5.74, 6) is 0. The van der Waals surface area contributed by atoms with E-state index in [4.69, 9.17) is 0 Å². The molecule has 0 amide bonds. The van der Waals surface area contributed by atoms with Gasteiger partial charge in [-0.1, -0.05) is 46.3 Å². The number of para-hydroxylation sites is 1. The third-order valence-corrected chi connectivity index (χ3v) is 4.42. The SMILES string of the molecule is Brc1ccc(-n2c3c(c4ccccc42)=CCCC=3)cc1. The number of fused-ring (bicyclic) bond motifs is 3. The van der Waals surface area contributed by atoms with Crippen LogP contribution in [-0.4, -0.2) is 4.57 Å². The van der Waals surface area contributed by atoms with Crippen LogP contribution in [0.4, 0.5) is 0 Å². The third kappa shape index (κ3) is 1.75. The summed E-state index contributed by atoms with van der Waals surface area (Å²) in [7, 11) is 0. The van der Waals surface area contributed by atoms with Gasteiger partial charge in [-0.2, -0.15) is 0 Å². The quantitative estimate of drug-likeness (QED) is 0.642. The summed E-state index contributed by atoms with van der Waals surface area (Å²) in [6.45, 7) is 0. The molecular formula is C18H14BrN. The zero-order valence-electron chi connectivity index (χ0n) is 11.0. The Bertz CT molecular complexity index is 901. The maximum absolute atomic E-state index is 3.51. The Balaban J connectivity index is 2.17. The van der Waals surface area contributed by atoms with E-state index in [1.54, 1.807) is 0 Å². The molecule has 0 fully saturated rings. The average molecular weight is 324 g/mol. The van der Waals surface area contributed by atoms with E-state index in [1.165, 1.54) is 27.2 Å². The number of aromatic nitrogens is 1.